The van der Waals surface area contributed by atoms with Gasteiger partial charge in [0, 0.05) is 95.0 Å². The predicted molar refractivity (Wildman–Crippen MR) is 332 cm³/mol. The molecule has 20 heteroatoms. The van der Waals surface area contributed by atoms with Crippen molar-refractivity contribution in [1.29, 1.82) is 0 Å². The summed E-state index contributed by atoms with van der Waals surface area (Å²) in [4.78, 5) is 72.4. The Labute approximate surface area is 499 Å². The maximum Gasteiger partial charge on any atom is 0.328 e. The Morgan fingerprint density at radius 2 is 1.26 bits per heavy atom. The predicted octanol–water partition coefficient (Wildman–Crippen LogP) is 9.89. The number of nitrogens with one attached hydrogen (secondary N) is 6. The summed E-state index contributed by atoms with van der Waals surface area (Å²) in [5, 5.41) is 20.2. The fourth-order valence-corrected chi connectivity index (χ4v) is 12.6. The van der Waals surface area contributed by atoms with E-state index in [1.165, 1.54) is 41.7 Å². The number of thiol groups is 1. The van der Waals surface area contributed by atoms with E-state index < -0.39 is 41.9 Å². The number of esters is 2. The van der Waals surface area contributed by atoms with E-state index in [0.717, 1.165) is 47.3 Å². The number of pyridine rings is 1. The van der Waals surface area contributed by atoms with Crippen LogP contribution in [-0.2, 0) is 50.5 Å². The number of benzene rings is 4. The first-order valence-electron chi connectivity index (χ1n) is 28.1. The number of amides is 2. The molecule has 1 aromatic heterocycles. The molecule has 0 aliphatic carbocycles. The van der Waals surface area contributed by atoms with E-state index in [1.54, 1.807) is 94.3 Å². The molecule has 2 amide bonds. The van der Waals surface area contributed by atoms with Gasteiger partial charge in [0.15, 0.2) is 0 Å². The van der Waals surface area contributed by atoms with Gasteiger partial charge in [0.2, 0.25) is 5.12 Å². The first-order valence-corrected chi connectivity index (χ1v) is 32.0. The normalized spacial score (nSPS) is 17.5. The van der Waals surface area contributed by atoms with Gasteiger partial charge in [-0.2, -0.15) is 36.2 Å². The highest BCUT2D eigenvalue weighted by atomic mass is 32.2. The SMILES string of the molecule is CSCC[C@H](NC(=O)c1cc(NC[C@@H]2C[C@H](SC(=O)c3cccnc3)CN2)ccc1CCc1ccc(F)c(CSCC[C@H](NC(=O)c2cc(NC[C@@H]3C[C@H](S)CN3)ccc2CCc2ccc(F)cc2)C(=O)OC(C)C)c1)C(=O)OC(C)C. The van der Waals surface area contributed by atoms with Crippen molar-refractivity contribution in [3.8, 4) is 0 Å². The zero-order valence-electron chi connectivity index (χ0n) is 47.3. The lowest BCUT2D eigenvalue weighted by atomic mass is 9.97. The minimum absolute atomic E-state index is 0.0159. The molecule has 2 aliphatic rings. The van der Waals surface area contributed by atoms with E-state index in [1.807, 2.05) is 36.6 Å². The number of ether oxygens (including phenoxy) is 2. The lowest BCUT2D eigenvalue weighted by Crippen LogP contribution is -2.43. The Morgan fingerprint density at radius 1 is 0.683 bits per heavy atom. The van der Waals surface area contributed by atoms with Crippen LogP contribution < -0.4 is 31.9 Å². The third kappa shape index (κ3) is 20.3. The van der Waals surface area contributed by atoms with Crippen molar-refractivity contribution in [2.45, 2.75) is 132 Å². The molecule has 2 fully saturated rings. The second kappa shape index (κ2) is 32.4. The van der Waals surface area contributed by atoms with E-state index in [-0.39, 0.29) is 51.9 Å². The van der Waals surface area contributed by atoms with Gasteiger partial charge in [-0.3, -0.25) is 19.4 Å². The number of thioether (sulfide) groups is 3. The summed E-state index contributed by atoms with van der Waals surface area (Å²) in [6.45, 7) is 9.72. The number of anilines is 2. The molecule has 2 saturated heterocycles. The molecule has 6 atom stereocenters. The number of carbonyl (C=O) groups is 5. The minimum atomic E-state index is -0.990. The fourth-order valence-electron chi connectivity index (χ4n) is 9.72. The van der Waals surface area contributed by atoms with Crippen LogP contribution in [0.3, 0.4) is 0 Å². The van der Waals surface area contributed by atoms with E-state index in [9.17, 15) is 28.4 Å². The second-order valence-electron chi connectivity index (χ2n) is 21.3. The van der Waals surface area contributed by atoms with Crippen LogP contribution in [0.4, 0.5) is 20.2 Å². The quantitative estimate of drug-likeness (QED) is 0.0131. The number of aromatic nitrogens is 1. The maximum absolute atomic E-state index is 15.6. The molecule has 0 bridgehead atoms. The Kier molecular flexibility index (Phi) is 25.3. The van der Waals surface area contributed by atoms with Gasteiger partial charge in [0.25, 0.3) is 11.8 Å². The van der Waals surface area contributed by atoms with Gasteiger partial charge in [-0.1, -0.05) is 48.2 Å². The second-order valence-corrected chi connectivity index (χ2v) is 25.4. The molecule has 3 heterocycles. The van der Waals surface area contributed by atoms with Crippen LogP contribution >= 0.6 is 47.9 Å². The van der Waals surface area contributed by atoms with Crippen molar-refractivity contribution in [1.82, 2.24) is 26.3 Å². The molecule has 6 N–H and O–H groups in total. The number of rotatable bonds is 30. The average molecular weight is 1200 g/mol. The average Bonchev–Trinajstić information content (AvgIpc) is 4.26. The number of hydrogen-bond donors (Lipinski definition) is 7. The molecule has 5 aromatic rings. The zero-order chi connectivity index (χ0) is 58.5. The molecule has 14 nitrogen and oxygen atoms in total. The molecule has 0 unspecified atom stereocenters. The summed E-state index contributed by atoms with van der Waals surface area (Å²) in [6, 6.07) is 24.6. The third-order valence-corrected chi connectivity index (χ3v) is 17.3. The molecule has 82 heavy (non-hydrogen) atoms. The van der Waals surface area contributed by atoms with Crippen LogP contribution in [0.2, 0.25) is 0 Å². The van der Waals surface area contributed by atoms with Crippen LogP contribution in [0, 0.1) is 11.6 Å². The van der Waals surface area contributed by atoms with E-state index in [0.29, 0.717) is 96.9 Å². The zero-order valence-corrected chi connectivity index (χ0v) is 50.6. The van der Waals surface area contributed by atoms with Crippen molar-refractivity contribution in [3.05, 3.63) is 160 Å². The summed E-state index contributed by atoms with van der Waals surface area (Å²) in [6.07, 6.45) is 8.63. The van der Waals surface area contributed by atoms with Gasteiger partial charge in [0.1, 0.15) is 23.7 Å². The molecule has 440 valence electrons. The van der Waals surface area contributed by atoms with E-state index in [2.05, 4.69) is 49.5 Å². The van der Waals surface area contributed by atoms with Crippen LogP contribution in [0.5, 0.6) is 0 Å². The van der Waals surface area contributed by atoms with Gasteiger partial charge >= 0.3 is 11.9 Å². The maximum atomic E-state index is 15.6. The Hall–Kier alpha value is -5.64. The largest absolute Gasteiger partial charge is 0.461 e. The lowest BCUT2D eigenvalue weighted by molar-refractivity contribution is -0.150. The van der Waals surface area contributed by atoms with Crippen molar-refractivity contribution >= 4 is 88.2 Å². The van der Waals surface area contributed by atoms with Crippen molar-refractivity contribution in [2.24, 2.45) is 0 Å². The highest BCUT2D eigenvalue weighted by molar-refractivity contribution is 8.14. The van der Waals surface area contributed by atoms with Crippen molar-refractivity contribution in [2.75, 3.05) is 54.6 Å². The smallest absolute Gasteiger partial charge is 0.328 e. The number of halogens is 2. The van der Waals surface area contributed by atoms with Crippen LogP contribution in [0.15, 0.2) is 103 Å². The Morgan fingerprint density at radius 3 is 1.82 bits per heavy atom. The highest BCUT2D eigenvalue weighted by Crippen LogP contribution is 2.28. The summed E-state index contributed by atoms with van der Waals surface area (Å²) < 4.78 is 40.5. The lowest BCUT2D eigenvalue weighted by Gasteiger charge is -2.21. The van der Waals surface area contributed by atoms with Gasteiger partial charge in [-0.05, 0) is 179 Å². The molecule has 4 aromatic carbocycles. The minimum Gasteiger partial charge on any atom is -0.461 e. The molecular formula is C62H77F2N7O7S4. The third-order valence-electron chi connectivity index (χ3n) is 14.1. The molecule has 2 aliphatic heterocycles. The molecular weight excluding hydrogens is 1120 g/mol. The first-order chi connectivity index (χ1) is 39.5. The number of carbonyl (C=O) groups excluding carboxylic acids is 5. The topological polar surface area (TPSA) is 189 Å². The number of aryl methyl sites for hydroxylation is 4. The Balaban J connectivity index is 1.00. The number of nitrogens with zero attached hydrogens (tertiary/aromatic N) is 1. The molecule has 0 radical (unpaired) electrons. The fraction of sp³-hybridized carbons (Fsp3) is 0.452. The van der Waals surface area contributed by atoms with Crippen LogP contribution in [-0.4, -0.2) is 125 Å². The number of hydrogen-bond acceptors (Lipinski definition) is 16. The van der Waals surface area contributed by atoms with Gasteiger partial charge in [-0.25, -0.2) is 18.4 Å². The highest BCUT2D eigenvalue weighted by Gasteiger charge is 2.30. The molecule has 0 saturated carbocycles. The monoisotopic (exact) mass is 1200 g/mol. The molecule has 0 spiro atoms. The summed E-state index contributed by atoms with van der Waals surface area (Å²) >= 11 is 8.91. The van der Waals surface area contributed by atoms with Crippen LogP contribution in [0.25, 0.3) is 0 Å². The van der Waals surface area contributed by atoms with Crippen molar-refractivity contribution in [3.63, 3.8) is 0 Å². The van der Waals surface area contributed by atoms with Crippen LogP contribution in [0.1, 0.15) is 112 Å². The molecule has 7 rings (SSSR count). The van der Waals surface area contributed by atoms with Gasteiger partial charge < -0.3 is 41.4 Å². The van der Waals surface area contributed by atoms with E-state index >= 15 is 4.39 Å². The van der Waals surface area contributed by atoms with Gasteiger partial charge in [0.05, 0.1) is 12.2 Å². The standard InChI is InChI=1S/C62H77F2N7O7S4/c1-38(2)77-60(74)56(22-25-80-5)70-58(72)54-31-48(67-34-50-29-52(36-69-50)82-62(76)44-7-6-24-65-32-44)20-16-43(54)14-9-41-12-21-55(64)45(27-41)37-81-26-23-57(61(75)78-39(3)4)71-59(73)53-30-47(66-33-49-28-51(79)35-68-49)19-15-42(53)13-8-40-10-17-46(63)18-11-40/h6-7,10-12,15-21,24,27,30-32,38-39,49-52,56-57,66-69,79H,8-9,13-14,22-23,25-26,28-29,33-37H2,1-5H3,(H,70,72)(H,71,73)/t49-,50-,51-,52-,56-,57-/m0/s1. The summed E-state index contributed by atoms with van der Waals surface area (Å²) in [7, 11) is 0. The first kappa shape index (κ1) is 63.9. The summed E-state index contributed by atoms with van der Waals surface area (Å²) in [5.41, 5.74) is 6.61. The van der Waals surface area contributed by atoms with E-state index in [4.69, 9.17) is 9.47 Å². The van der Waals surface area contributed by atoms with Gasteiger partial charge in [-0.15, -0.1) is 0 Å². The summed E-state index contributed by atoms with van der Waals surface area (Å²) in [5.74, 6) is -1.29. The Bertz CT molecular complexity index is 2930. The van der Waals surface area contributed by atoms with Crippen molar-refractivity contribution < 1.29 is 42.2 Å².